The van der Waals surface area contributed by atoms with Gasteiger partial charge in [0.05, 0.1) is 23.6 Å². The van der Waals surface area contributed by atoms with Crippen molar-refractivity contribution in [3.63, 3.8) is 0 Å². The summed E-state index contributed by atoms with van der Waals surface area (Å²) in [4.78, 5) is 14.2. The van der Waals surface area contributed by atoms with Crippen LogP contribution in [0.25, 0.3) is 0 Å². The number of aliphatic hydroxyl groups is 2. The first kappa shape index (κ1) is 13.8. The number of halogens is 2. The van der Waals surface area contributed by atoms with Gasteiger partial charge in [-0.25, -0.2) is 9.18 Å². The van der Waals surface area contributed by atoms with Gasteiger partial charge in [-0.2, -0.15) is 0 Å². The predicted molar refractivity (Wildman–Crippen MR) is 57.5 cm³/mol. The summed E-state index contributed by atoms with van der Waals surface area (Å²) >= 11 is 5.39. The van der Waals surface area contributed by atoms with E-state index in [9.17, 15) is 19.4 Å². The second kappa shape index (κ2) is 5.90. The number of alkyl halides is 1. The maximum atomic E-state index is 13.0. The van der Waals surface area contributed by atoms with E-state index >= 15 is 0 Å². The van der Waals surface area contributed by atoms with Gasteiger partial charge in [-0.3, -0.25) is 4.98 Å². The molecule has 2 unspecified atom stereocenters. The van der Waals surface area contributed by atoms with Gasteiger partial charge < -0.3 is 15.3 Å². The number of aliphatic hydroxyl groups excluding tert-OH is 2. The Hall–Kier alpha value is -1.24. The number of carboxylic acids is 1. The van der Waals surface area contributed by atoms with E-state index in [1.807, 2.05) is 0 Å². The van der Waals surface area contributed by atoms with Crippen LogP contribution in [0.1, 0.15) is 28.6 Å². The van der Waals surface area contributed by atoms with Gasteiger partial charge in [0.2, 0.25) is 0 Å². The maximum absolute atomic E-state index is 13.0. The van der Waals surface area contributed by atoms with Crippen molar-refractivity contribution in [1.82, 2.24) is 4.98 Å². The lowest BCUT2D eigenvalue weighted by Crippen LogP contribution is -2.20. The Labute approximate surface area is 101 Å². The van der Waals surface area contributed by atoms with Gasteiger partial charge in [0.15, 0.2) is 5.82 Å². The van der Waals surface area contributed by atoms with Crippen molar-refractivity contribution in [2.75, 3.05) is 5.88 Å². The quantitative estimate of drug-likeness (QED) is 0.688. The molecule has 0 aliphatic rings. The van der Waals surface area contributed by atoms with E-state index in [0.29, 0.717) is 6.20 Å². The molecule has 17 heavy (non-hydrogen) atoms. The molecule has 0 spiro atoms. The van der Waals surface area contributed by atoms with Crippen LogP contribution >= 0.6 is 11.6 Å². The molecule has 1 aromatic heterocycles. The largest absolute Gasteiger partial charge is 0.478 e. The predicted octanol–water partition coefficient (Wildman–Crippen LogP) is 0.942. The Morgan fingerprint density at radius 3 is 2.71 bits per heavy atom. The highest BCUT2D eigenvalue weighted by atomic mass is 35.5. The Bertz CT molecular complexity index is 415. The van der Waals surface area contributed by atoms with Crippen LogP contribution in [0, 0.1) is 5.82 Å². The highest BCUT2D eigenvalue weighted by molar-refractivity contribution is 6.17. The number of carboxylic acid groups (broad SMARTS) is 1. The Morgan fingerprint density at radius 2 is 2.18 bits per heavy atom. The summed E-state index contributed by atoms with van der Waals surface area (Å²) in [6.07, 6.45) is -1.76. The molecule has 0 aliphatic carbocycles. The first-order chi connectivity index (χ1) is 7.97. The molecular formula is C10H11ClFNO4. The Morgan fingerprint density at radius 1 is 1.53 bits per heavy atom. The fourth-order valence-electron chi connectivity index (χ4n) is 1.25. The third-order valence-electron chi connectivity index (χ3n) is 2.18. The van der Waals surface area contributed by atoms with Gasteiger partial charge in [-0.1, -0.05) is 0 Å². The van der Waals surface area contributed by atoms with Crippen molar-refractivity contribution in [2.24, 2.45) is 0 Å². The average Bonchev–Trinajstić information content (AvgIpc) is 2.28. The zero-order valence-corrected chi connectivity index (χ0v) is 9.43. The number of carbonyl (C=O) groups is 1. The van der Waals surface area contributed by atoms with Crippen LogP contribution in [0.3, 0.4) is 0 Å². The van der Waals surface area contributed by atoms with E-state index in [-0.39, 0.29) is 18.0 Å². The molecule has 0 saturated carbocycles. The van der Waals surface area contributed by atoms with Crippen LogP contribution in [0.5, 0.6) is 0 Å². The highest BCUT2D eigenvalue weighted by Gasteiger charge is 2.22. The number of hydrogen-bond donors (Lipinski definition) is 3. The van der Waals surface area contributed by atoms with Crippen LogP contribution in [0.4, 0.5) is 4.39 Å². The fourth-order valence-corrected chi connectivity index (χ4v) is 1.47. The molecule has 7 heteroatoms. The molecule has 94 valence electrons. The molecule has 1 heterocycles. The molecule has 0 saturated heterocycles. The summed E-state index contributed by atoms with van der Waals surface area (Å²) in [5.41, 5.74) is -0.714. The van der Waals surface area contributed by atoms with E-state index in [1.54, 1.807) is 0 Å². The molecule has 2 atom stereocenters. The Balaban J connectivity index is 2.99. The summed E-state index contributed by atoms with van der Waals surface area (Å²) in [5.74, 6) is -2.34. The molecule has 0 fully saturated rings. The normalized spacial score (nSPS) is 14.4. The molecule has 1 rings (SSSR count). The number of rotatable bonds is 5. The standard InChI is InChI=1S/C10H11ClFNO4/c11-2-1-8(14)9(15)7-3-5(10(16)17)6(12)4-13-7/h3-4,8-9,14-15H,1-2H2,(H,16,17). The monoisotopic (exact) mass is 263 g/mol. The number of aromatic carboxylic acids is 1. The molecule has 0 radical (unpaired) electrons. The first-order valence-electron chi connectivity index (χ1n) is 4.78. The minimum Gasteiger partial charge on any atom is -0.478 e. The van der Waals surface area contributed by atoms with Crippen LogP contribution in [-0.4, -0.2) is 38.3 Å². The second-order valence-electron chi connectivity index (χ2n) is 3.38. The molecule has 5 nitrogen and oxygen atoms in total. The van der Waals surface area contributed by atoms with Crippen molar-refractivity contribution in [3.05, 3.63) is 29.3 Å². The zero-order chi connectivity index (χ0) is 13.0. The third-order valence-corrected chi connectivity index (χ3v) is 2.40. The van der Waals surface area contributed by atoms with E-state index < -0.39 is 29.6 Å². The van der Waals surface area contributed by atoms with Crippen molar-refractivity contribution in [3.8, 4) is 0 Å². The highest BCUT2D eigenvalue weighted by Crippen LogP contribution is 2.19. The molecule has 0 amide bonds. The summed E-state index contributed by atoms with van der Waals surface area (Å²) in [6, 6.07) is 0.889. The van der Waals surface area contributed by atoms with Gasteiger partial charge in [-0.15, -0.1) is 11.6 Å². The van der Waals surface area contributed by atoms with Gasteiger partial charge >= 0.3 is 5.97 Å². The Kier molecular flexibility index (Phi) is 4.80. The summed E-state index contributed by atoms with van der Waals surface area (Å²) in [6.45, 7) is 0. The second-order valence-corrected chi connectivity index (χ2v) is 3.76. The van der Waals surface area contributed by atoms with Crippen LogP contribution in [0.15, 0.2) is 12.3 Å². The zero-order valence-electron chi connectivity index (χ0n) is 8.68. The number of nitrogens with zero attached hydrogens (tertiary/aromatic N) is 1. The van der Waals surface area contributed by atoms with Crippen LogP contribution < -0.4 is 0 Å². The van der Waals surface area contributed by atoms with E-state index in [0.717, 1.165) is 6.07 Å². The fraction of sp³-hybridized carbons (Fsp3) is 0.400. The lowest BCUT2D eigenvalue weighted by atomic mass is 10.1. The minimum absolute atomic E-state index is 0.110. The first-order valence-corrected chi connectivity index (χ1v) is 5.31. The van der Waals surface area contributed by atoms with E-state index in [1.165, 1.54) is 0 Å². The van der Waals surface area contributed by atoms with Gasteiger partial charge in [-0.05, 0) is 12.5 Å². The van der Waals surface area contributed by atoms with Gasteiger partial charge in [0.1, 0.15) is 6.10 Å². The number of pyridine rings is 1. The third kappa shape index (κ3) is 3.36. The molecule has 0 aromatic carbocycles. The molecule has 0 bridgehead atoms. The average molecular weight is 264 g/mol. The topological polar surface area (TPSA) is 90.7 Å². The van der Waals surface area contributed by atoms with Crippen LogP contribution in [0.2, 0.25) is 0 Å². The van der Waals surface area contributed by atoms with E-state index in [2.05, 4.69) is 4.98 Å². The summed E-state index contributed by atoms with van der Waals surface area (Å²) < 4.78 is 13.0. The molecular weight excluding hydrogens is 253 g/mol. The van der Waals surface area contributed by atoms with Gasteiger partial charge in [0.25, 0.3) is 0 Å². The van der Waals surface area contributed by atoms with Crippen molar-refractivity contribution in [1.29, 1.82) is 0 Å². The van der Waals surface area contributed by atoms with Crippen LogP contribution in [-0.2, 0) is 0 Å². The molecule has 0 aliphatic heterocycles. The smallest absolute Gasteiger partial charge is 0.338 e. The van der Waals surface area contributed by atoms with Crippen molar-refractivity contribution in [2.45, 2.75) is 18.6 Å². The van der Waals surface area contributed by atoms with Crippen molar-refractivity contribution >= 4 is 17.6 Å². The lowest BCUT2D eigenvalue weighted by Gasteiger charge is -2.16. The summed E-state index contributed by atoms with van der Waals surface area (Å²) in [5, 5.41) is 27.8. The lowest BCUT2D eigenvalue weighted by molar-refractivity contribution is 0.0143. The van der Waals surface area contributed by atoms with Crippen molar-refractivity contribution < 1.29 is 24.5 Å². The number of aromatic nitrogens is 1. The van der Waals surface area contributed by atoms with Gasteiger partial charge in [0, 0.05) is 5.88 Å². The maximum Gasteiger partial charge on any atom is 0.338 e. The summed E-state index contributed by atoms with van der Waals surface area (Å²) in [7, 11) is 0. The van der Waals surface area contributed by atoms with E-state index in [4.69, 9.17) is 16.7 Å². The number of hydrogen-bond acceptors (Lipinski definition) is 4. The SMILES string of the molecule is O=C(O)c1cc(C(O)C(O)CCCl)ncc1F. The molecule has 1 aromatic rings. The molecule has 3 N–H and O–H groups in total. The minimum atomic E-state index is -1.47.